The Hall–Kier alpha value is -1.75. The van der Waals surface area contributed by atoms with Gasteiger partial charge in [-0.15, -0.1) is 0 Å². The summed E-state index contributed by atoms with van der Waals surface area (Å²) in [5.41, 5.74) is 0.0744. The van der Waals surface area contributed by atoms with Crippen LogP contribution in [0.2, 0.25) is 0 Å². The fourth-order valence-electron chi connectivity index (χ4n) is 2.14. The molecule has 2 rings (SSSR count). The summed E-state index contributed by atoms with van der Waals surface area (Å²) in [6.45, 7) is 0.491. The molecular weight excluding hydrogens is 222 g/mol. The number of hydrogen-bond acceptors (Lipinski definition) is 4. The van der Waals surface area contributed by atoms with Crippen LogP contribution in [0.4, 0.5) is 0 Å². The summed E-state index contributed by atoms with van der Waals surface area (Å²) in [7, 11) is 0. The number of carbonyl (C=O) groups is 1. The molecule has 0 spiro atoms. The maximum absolute atomic E-state index is 12.1. The number of rotatable bonds is 2. The van der Waals surface area contributed by atoms with Crippen LogP contribution in [0.25, 0.3) is 0 Å². The van der Waals surface area contributed by atoms with Crippen LogP contribution < -0.4 is 0 Å². The van der Waals surface area contributed by atoms with Crippen molar-refractivity contribution in [3.05, 3.63) is 23.8 Å². The quantitative estimate of drug-likeness (QED) is 0.661. The number of amides is 1. The molecule has 1 aromatic carbocycles. The summed E-state index contributed by atoms with van der Waals surface area (Å²) in [6.07, 6.45) is 1.61. The number of aliphatic hydroxyl groups excluding tert-OH is 1. The van der Waals surface area contributed by atoms with Gasteiger partial charge in [0.15, 0.2) is 0 Å². The van der Waals surface area contributed by atoms with E-state index in [2.05, 4.69) is 0 Å². The molecule has 5 nitrogen and oxygen atoms in total. The van der Waals surface area contributed by atoms with Crippen molar-refractivity contribution in [3.8, 4) is 11.5 Å². The Balaban J connectivity index is 2.27. The number of hydrogen-bond donors (Lipinski definition) is 3. The van der Waals surface area contributed by atoms with Gasteiger partial charge in [0.2, 0.25) is 0 Å². The second-order valence-electron chi connectivity index (χ2n) is 4.18. The number of likely N-dealkylation sites (tertiary alicyclic amines) is 1. The molecule has 1 unspecified atom stereocenters. The average Bonchev–Trinajstić information content (AvgIpc) is 2.79. The molecule has 5 heteroatoms. The third-order valence-electron chi connectivity index (χ3n) is 3.06. The highest BCUT2D eigenvalue weighted by atomic mass is 16.3. The molecule has 0 bridgehead atoms. The average molecular weight is 237 g/mol. The fourth-order valence-corrected chi connectivity index (χ4v) is 2.14. The highest BCUT2D eigenvalue weighted by Gasteiger charge is 2.30. The molecule has 92 valence electrons. The molecule has 1 fully saturated rings. The lowest BCUT2D eigenvalue weighted by atomic mass is 10.1. The Bertz CT molecular complexity index is 433. The number of carbonyl (C=O) groups excluding carboxylic acids is 1. The van der Waals surface area contributed by atoms with Crippen molar-refractivity contribution in [2.24, 2.45) is 0 Å². The smallest absolute Gasteiger partial charge is 0.258 e. The maximum atomic E-state index is 12.1. The molecule has 17 heavy (non-hydrogen) atoms. The molecule has 3 N–H and O–H groups in total. The number of nitrogens with zero attached hydrogens (tertiary/aromatic N) is 1. The minimum Gasteiger partial charge on any atom is -0.508 e. The maximum Gasteiger partial charge on any atom is 0.258 e. The standard InChI is InChI=1S/C12H15NO4/c14-7-8-2-1-5-13(8)12(17)10-6-9(15)3-4-11(10)16/h3-4,6,8,14-16H,1-2,5,7H2. The van der Waals surface area contributed by atoms with Crippen LogP contribution >= 0.6 is 0 Å². The zero-order valence-corrected chi connectivity index (χ0v) is 9.33. The summed E-state index contributed by atoms with van der Waals surface area (Å²) in [5, 5.41) is 28.1. The first-order chi connectivity index (χ1) is 8.13. The summed E-state index contributed by atoms with van der Waals surface area (Å²) in [6, 6.07) is 3.65. The van der Waals surface area contributed by atoms with Gasteiger partial charge in [0, 0.05) is 6.54 Å². The predicted molar refractivity (Wildman–Crippen MR) is 60.9 cm³/mol. The van der Waals surface area contributed by atoms with Gasteiger partial charge in [-0.2, -0.15) is 0 Å². The normalized spacial score (nSPS) is 19.6. The second kappa shape index (κ2) is 4.63. The molecule has 1 atom stereocenters. The van der Waals surface area contributed by atoms with E-state index in [1.807, 2.05) is 0 Å². The number of aliphatic hydroxyl groups is 1. The van der Waals surface area contributed by atoms with Gasteiger partial charge >= 0.3 is 0 Å². The third kappa shape index (κ3) is 2.19. The van der Waals surface area contributed by atoms with E-state index in [1.165, 1.54) is 23.1 Å². The Morgan fingerprint density at radius 2 is 2.18 bits per heavy atom. The van der Waals surface area contributed by atoms with E-state index in [4.69, 9.17) is 5.11 Å². The van der Waals surface area contributed by atoms with Crippen LogP contribution in [0.1, 0.15) is 23.2 Å². The molecule has 1 aliphatic heterocycles. The molecule has 1 aromatic rings. The van der Waals surface area contributed by atoms with Gasteiger partial charge in [0.25, 0.3) is 5.91 Å². The van der Waals surface area contributed by atoms with Gasteiger partial charge < -0.3 is 20.2 Å². The van der Waals surface area contributed by atoms with Gasteiger partial charge in [-0.25, -0.2) is 0 Å². The van der Waals surface area contributed by atoms with Crippen molar-refractivity contribution < 1.29 is 20.1 Å². The first kappa shape index (κ1) is 11.7. The predicted octanol–water partition coefficient (Wildman–Crippen LogP) is 0.695. The van der Waals surface area contributed by atoms with Crippen molar-refractivity contribution in [3.63, 3.8) is 0 Å². The molecule has 1 aliphatic rings. The number of benzene rings is 1. The van der Waals surface area contributed by atoms with Crippen molar-refractivity contribution in [1.29, 1.82) is 0 Å². The topological polar surface area (TPSA) is 81.0 Å². The summed E-state index contributed by atoms with van der Waals surface area (Å²) in [5.74, 6) is -0.572. The van der Waals surface area contributed by atoms with Gasteiger partial charge in [0.1, 0.15) is 11.5 Å². The van der Waals surface area contributed by atoms with Crippen LogP contribution in [0.5, 0.6) is 11.5 Å². The minimum atomic E-state index is -0.352. The third-order valence-corrected chi connectivity index (χ3v) is 3.06. The van der Waals surface area contributed by atoms with Crippen LogP contribution in [0, 0.1) is 0 Å². The van der Waals surface area contributed by atoms with Crippen LogP contribution in [0.15, 0.2) is 18.2 Å². The molecule has 0 aliphatic carbocycles. The molecular formula is C12H15NO4. The van der Waals surface area contributed by atoms with Gasteiger partial charge in [0.05, 0.1) is 18.2 Å². The van der Waals surface area contributed by atoms with E-state index in [0.29, 0.717) is 6.54 Å². The summed E-state index contributed by atoms with van der Waals surface area (Å²) < 4.78 is 0. The van der Waals surface area contributed by atoms with E-state index in [-0.39, 0.29) is 35.6 Å². The van der Waals surface area contributed by atoms with Crippen LogP contribution in [0.3, 0.4) is 0 Å². The first-order valence-electron chi connectivity index (χ1n) is 5.57. The first-order valence-corrected chi connectivity index (χ1v) is 5.57. The zero-order valence-electron chi connectivity index (χ0n) is 9.33. The number of aromatic hydroxyl groups is 2. The number of phenols is 2. The Kier molecular flexibility index (Phi) is 3.19. The lowest BCUT2D eigenvalue weighted by molar-refractivity contribution is 0.0674. The molecule has 1 heterocycles. The van der Waals surface area contributed by atoms with Gasteiger partial charge in [-0.05, 0) is 31.0 Å². The van der Waals surface area contributed by atoms with E-state index < -0.39 is 0 Å². The highest BCUT2D eigenvalue weighted by Crippen LogP contribution is 2.26. The van der Waals surface area contributed by atoms with Crippen molar-refractivity contribution >= 4 is 5.91 Å². The van der Waals surface area contributed by atoms with E-state index in [9.17, 15) is 15.0 Å². The second-order valence-corrected chi connectivity index (χ2v) is 4.18. The zero-order chi connectivity index (χ0) is 12.4. The minimum absolute atomic E-state index is 0.0640. The van der Waals surface area contributed by atoms with E-state index in [0.717, 1.165) is 12.8 Å². The molecule has 0 radical (unpaired) electrons. The monoisotopic (exact) mass is 237 g/mol. The lowest BCUT2D eigenvalue weighted by Crippen LogP contribution is -2.37. The van der Waals surface area contributed by atoms with E-state index >= 15 is 0 Å². The molecule has 1 amide bonds. The Morgan fingerprint density at radius 1 is 1.41 bits per heavy atom. The number of phenolic OH excluding ortho intramolecular Hbond substituents is 2. The van der Waals surface area contributed by atoms with Crippen LogP contribution in [-0.2, 0) is 0 Å². The molecule has 0 saturated carbocycles. The van der Waals surface area contributed by atoms with Crippen LogP contribution in [-0.4, -0.2) is 45.3 Å². The Morgan fingerprint density at radius 3 is 2.88 bits per heavy atom. The van der Waals surface area contributed by atoms with Crippen molar-refractivity contribution in [1.82, 2.24) is 4.90 Å². The Labute approximate surface area is 98.9 Å². The highest BCUT2D eigenvalue weighted by molar-refractivity contribution is 5.97. The molecule has 0 aromatic heterocycles. The fraction of sp³-hybridized carbons (Fsp3) is 0.417. The van der Waals surface area contributed by atoms with Gasteiger partial charge in [-0.1, -0.05) is 0 Å². The SMILES string of the molecule is O=C(c1cc(O)ccc1O)N1CCCC1CO. The van der Waals surface area contributed by atoms with Crippen molar-refractivity contribution in [2.75, 3.05) is 13.2 Å². The van der Waals surface area contributed by atoms with E-state index in [1.54, 1.807) is 0 Å². The largest absolute Gasteiger partial charge is 0.508 e. The lowest BCUT2D eigenvalue weighted by Gasteiger charge is -2.23. The van der Waals surface area contributed by atoms with Crippen molar-refractivity contribution in [2.45, 2.75) is 18.9 Å². The van der Waals surface area contributed by atoms with Gasteiger partial charge in [-0.3, -0.25) is 4.79 Å². The molecule has 1 saturated heterocycles. The summed E-state index contributed by atoms with van der Waals surface area (Å²) >= 11 is 0. The summed E-state index contributed by atoms with van der Waals surface area (Å²) in [4.78, 5) is 13.7.